The lowest BCUT2D eigenvalue weighted by molar-refractivity contribution is -0.119. The first kappa shape index (κ1) is 25.1. The molecule has 0 radical (unpaired) electrons. The molecule has 0 unspecified atom stereocenters. The van der Waals surface area contributed by atoms with Crippen molar-refractivity contribution in [2.75, 3.05) is 13.7 Å². The van der Waals surface area contributed by atoms with Crippen LogP contribution >= 0.6 is 15.9 Å². The predicted molar refractivity (Wildman–Crippen MR) is 129 cm³/mol. The third kappa shape index (κ3) is 6.98. The van der Waals surface area contributed by atoms with E-state index in [9.17, 15) is 18.0 Å². The number of hydrazone groups is 1. The average Bonchev–Trinajstić information content (AvgIpc) is 2.84. The maximum atomic E-state index is 12.4. The molecule has 0 aromatic heterocycles. The zero-order valence-corrected chi connectivity index (χ0v) is 20.3. The van der Waals surface area contributed by atoms with Gasteiger partial charge < -0.3 is 9.47 Å². The highest BCUT2D eigenvalue weighted by Crippen LogP contribution is 2.28. The van der Waals surface area contributed by atoms with Crippen LogP contribution in [0.4, 0.5) is 0 Å². The number of nitrogens with zero attached hydrogens (tertiary/aromatic N) is 1. The normalized spacial score (nSPS) is 11.2. The van der Waals surface area contributed by atoms with Gasteiger partial charge in [-0.1, -0.05) is 40.2 Å². The summed E-state index contributed by atoms with van der Waals surface area (Å²) in [6.45, 7) is -0.484. The van der Waals surface area contributed by atoms with Crippen LogP contribution in [0.15, 0.2) is 87.3 Å². The molecule has 3 rings (SSSR count). The number of rotatable bonds is 9. The molecule has 1 amide bonds. The van der Waals surface area contributed by atoms with Crippen LogP contribution in [0.5, 0.6) is 11.5 Å². The van der Waals surface area contributed by atoms with Crippen LogP contribution in [0, 0.1) is 0 Å². The van der Waals surface area contributed by atoms with E-state index in [1.807, 2.05) is 0 Å². The van der Waals surface area contributed by atoms with Crippen molar-refractivity contribution in [1.29, 1.82) is 0 Å². The largest absolute Gasteiger partial charge is 0.493 e. The standard InChI is InChI=1S/C23H20BrN3O6S/c1-32-21-12-16(10-11-20(21)33-23(29)17-6-5-7-18(24)13-17)14-25-27-22(28)15-26-34(30,31)19-8-3-2-4-9-19/h2-14,26H,15H2,1H3,(H,27,28)/b25-14+. The number of amides is 1. The lowest BCUT2D eigenvalue weighted by Gasteiger charge is -2.10. The van der Waals surface area contributed by atoms with E-state index < -0.39 is 28.4 Å². The number of ether oxygens (including phenoxy) is 2. The maximum Gasteiger partial charge on any atom is 0.343 e. The van der Waals surface area contributed by atoms with Gasteiger partial charge in [-0.25, -0.2) is 23.4 Å². The number of esters is 1. The van der Waals surface area contributed by atoms with Gasteiger partial charge in [0.25, 0.3) is 5.91 Å². The molecule has 11 heteroatoms. The van der Waals surface area contributed by atoms with E-state index in [-0.39, 0.29) is 16.4 Å². The summed E-state index contributed by atoms with van der Waals surface area (Å²) in [6, 6.07) is 19.2. The summed E-state index contributed by atoms with van der Waals surface area (Å²) in [5, 5.41) is 3.81. The van der Waals surface area contributed by atoms with E-state index >= 15 is 0 Å². The van der Waals surface area contributed by atoms with Crippen molar-refractivity contribution in [2.45, 2.75) is 4.90 Å². The van der Waals surface area contributed by atoms with Crippen molar-refractivity contribution in [3.8, 4) is 11.5 Å². The van der Waals surface area contributed by atoms with Gasteiger partial charge in [-0.15, -0.1) is 0 Å². The molecular formula is C23H20BrN3O6S. The second-order valence-corrected chi connectivity index (χ2v) is 9.42. The number of methoxy groups -OCH3 is 1. The van der Waals surface area contributed by atoms with Gasteiger partial charge in [0, 0.05) is 4.47 Å². The molecule has 0 fully saturated rings. The Bertz CT molecular complexity index is 1310. The van der Waals surface area contributed by atoms with Crippen LogP contribution in [0.25, 0.3) is 0 Å². The van der Waals surface area contributed by atoms with Gasteiger partial charge >= 0.3 is 5.97 Å². The van der Waals surface area contributed by atoms with E-state index in [2.05, 4.69) is 31.2 Å². The van der Waals surface area contributed by atoms with E-state index in [0.717, 1.165) is 4.47 Å². The van der Waals surface area contributed by atoms with Crippen LogP contribution in [0.2, 0.25) is 0 Å². The van der Waals surface area contributed by atoms with Crippen molar-refractivity contribution < 1.29 is 27.5 Å². The van der Waals surface area contributed by atoms with Crippen molar-refractivity contribution in [2.24, 2.45) is 5.10 Å². The first-order chi connectivity index (χ1) is 16.3. The Morgan fingerprint density at radius 2 is 1.76 bits per heavy atom. The number of nitrogens with one attached hydrogen (secondary N) is 2. The first-order valence-corrected chi connectivity index (χ1v) is 12.1. The Morgan fingerprint density at radius 1 is 1.00 bits per heavy atom. The molecule has 34 heavy (non-hydrogen) atoms. The summed E-state index contributed by atoms with van der Waals surface area (Å²) in [5.41, 5.74) is 3.15. The zero-order chi connectivity index (χ0) is 24.6. The number of carbonyl (C=O) groups is 2. The molecule has 0 saturated carbocycles. The average molecular weight is 546 g/mol. The van der Waals surface area contributed by atoms with Crippen molar-refractivity contribution >= 4 is 44.0 Å². The Labute approximate surface area is 205 Å². The topological polar surface area (TPSA) is 123 Å². The summed E-state index contributed by atoms with van der Waals surface area (Å²) in [4.78, 5) is 24.4. The first-order valence-electron chi connectivity index (χ1n) is 9.81. The van der Waals surface area contributed by atoms with Gasteiger partial charge in [-0.05, 0) is 54.1 Å². The zero-order valence-electron chi connectivity index (χ0n) is 17.9. The van der Waals surface area contributed by atoms with Crippen LogP contribution in [-0.2, 0) is 14.8 Å². The van der Waals surface area contributed by atoms with E-state index in [0.29, 0.717) is 11.1 Å². The van der Waals surface area contributed by atoms with Gasteiger partial charge in [0.15, 0.2) is 11.5 Å². The molecule has 9 nitrogen and oxygen atoms in total. The molecule has 2 N–H and O–H groups in total. The predicted octanol–water partition coefficient (Wildman–Crippen LogP) is 3.11. The van der Waals surface area contributed by atoms with E-state index in [1.54, 1.807) is 54.6 Å². The van der Waals surface area contributed by atoms with Crippen LogP contribution < -0.4 is 19.6 Å². The highest BCUT2D eigenvalue weighted by Gasteiger charge is 2.15. The van der Waals surface area contributed by atoms with Crippen molar-refractivity contribution in [3.63, 3.8) is 0 Å². The molecule has 3 aromatic rings. The molecule has 0 spiro atoms. The fourth-order valence-electron chi connectivity index (χ4n) is 2.68. The quantitative estimate of drug-likeness (QED) is 0.184. The second-order valence-electron chi connectivity index (χ2n) is 6.74. The molecule has 0 aliphatic heterocycles. The van der Waals surface area contributed by atoms with Crippen LogP contribution in [0.1, 0.15) is 15.9 Å². The molecule has 0 bridgehead atoms. The van der Waals surface area contributed by atoms with Gasteiger partial charge in [-0.2, -0.15) is 5.10 Å². The van der Waals surface area contributed by atoms with Crippen molar-refractivity contribution in [1.82, 2.24) is 10.1 Å². The fraction of sp³-hybridized carbons (Fsp3) is 0.0870. The number of sulfonamides is 1. The Kier molecular flexibility index (Phi) is 8.52. The third-order valence-electron chi connectivity index (χ3n) is 4.33. The van der Waals surface area contributed by atoms with Gasteiger partial charge in [0.05, 0.1) is 30.3 Å². The van der Waals surface area contributed by atoms with Crippen LogP contribution in [0.3, 0.4) is 0 Å². The molecule has 176 valence electrons. The molecule has 0 heterocycles. The van der Waals surface area contributed by atoms with Crippen LogP contribution in [-0.4, -0.2) is 40.2 Å². The fourth-order valence-corrected chi connectivity index (χ4v) is 4.09. The second kappa shape index (κ2) is 11.5. The number of halogens is 1. The van der Waals surface area contributed by atoms with E-state index in [1.165, 1.54) is 31.5 Å². The summed E-state index contributed by atoms with van der Waals surface area (Å²) in [5.74, 6) is -0.702. The molecular weight excluding hydrogens is 526 g/mol. The Morgan fingerprint density at radius 3 is 2.47 bits per heavy atom. The highest BCUT2D eigenvalue weighted by atomic mass is 79.9. The molecule has 0 atom stereocenters. The van der Waals surface area contributed by atoms with E-state index in [4.69, 9.17) is 9.47 Å². The van der Waals surface area contributed by atoms with Gasteiger partial charge in [0.2, 0.25) is 10.0 Å². The SMILES string of the molecule is COc1cc(/C=N/NC(=O)CNS(=O)(=O)c2ccccc2)ccc1OC(=O)c1cccc(Br)c1. The minimum Gasteiger partial charge on any atom is -0.493 e. The lowest BCUT2D eigenvalue weighted by atomic mass is 10.2. The molecule has 0 saturated heterocycles. The number of hydrogen-bond donors (Lipinski definition) is 2. The monoisotopic (exact) mass is 545 g/mol. The van der Waals surface area contributed by atoms with Crippen molar-refractivity contribution in [3.05, 3.63) is 88.4 Å². The summed E-state index contributed by atoms with van der Waals surface area (Å²) < 4.78 is 37.9. The number of benzene rings is 3. The summed E-state index contributed by atoms with van der Waals surface area (Å²) in [6.07, 6.45) is 1.34. The number of carbonyl (C=O) groups excluding carboxylic acids is 2. The third-order valence-corrected chi connectivity index (χ3v) is 6.24. The Balaban J connectivity index is 1.57. The van der Waals surface area contributed by atoms with Gasteiger partial charge in [-0.3, -0.25) is 4.79 Å². The minimum atomic E-state index is -3.80. The molecule has 3 aromatic carbocycles. The lowest BCUT2D eigenvalue weighted by Crippen LogP contribution is -2.34. The summed E-state index contributed by atoms with van der Waals surface area (Å²) >= 11 is 3.31. The Hall–Kier alpha value is -3.54. The summed E-state index contributed by atoms with van der Waals surface area (Å²) in [7, 11) is -2.38. The smallest absolute Gasteiger partial charge is 0.343 e. The van der Waals surface area contributed by atoms with Gasteiger partial charge in [0.1, 0.15) is 0 Å². The maximum absolute atomic E-state index is 12.4. The number of hydrogen-bond acceptors (Lipinski definition) is 7. The minimum absolute atomic E-state index is 0.0547. The molecule has 0 aliphatic rings. The molecule has 0 aliphatic carbocycles. The highest BCUT2D eigenvalue weighted by molar-refractivity contribution is 9.10.